The van der Waals surface area contributed by atoms with Crippen LogP contribution >= 0.6 is 0 Å². The van der Waals surface area contributed by atoms with Crippen molar-refractivity contribution in [3.63, 3.8) is 0 Å². The number of rotatable bonds is 3. The smallest absolute Gasteiger partial charge is 0.308 e. The second kappa shape index (κ2) is 7.15. The molecule has 2 aromatic carbocycles. The normalized spacial score (nSPS) is 22.0. The molecule has 1 N–H and O–H groups in total. The van der Waals surface area contributed by atoms with Gasteiger partial charge in [-0.15, -0.1) is 0 Å². The molecule has 1 heterocycles. The van der Waals surface area contributed by atoms with E-state index in [0.717, 1.165) is 17.7 Å². The largest absolute Gasteiger partial charge is 0.427 e. The highest BCUT2D eigenvalue weighted by Crippen LogP contribution is 2.51. The Kier molecular flexibility index (Phi) is 4.67. The molecule has 0 unspecified atom stereocenters. The molecule has 0 amide bonds. The molecule has 4 rings (SSSR count). The first-order chi connectivity index (χ1) is 13.4. The van der Waals surface area contributed by atoms with Crippen molar-refractivity contribution in [3.8, 4) is 11.5 Å². The van der Waals surface area contributed by atoms with Crippen molar-refractivity contribution in [2.45, 2.75) is 39.2 Å². The van der Waals surface area contributed by atoms with E-state index in [9.17, 15) is 9.59 Å². The van der Waals surface area contributed by atoms with E-state index in [4.69, 9.17) is 9.47 Å². The van der Waals surface area contributed by atoms with Crippen molar-refractivity contribution in [3.05, 3.63) is 65.2 Å². The van der Waals surface area contributed by atoms with Gasteiger partial charge in [-0.2, -0.15) is 0 Å². The molecule has 2 aliphatic rings. The van der Waals surface area contributed by atoms with Gasteiger partial charge in [0.15, 0.2) is 0 Å². The fourth-order valence-corrected chi connectivity index (χ4v) is 4.27. The maximum atomic E-state index is 11.7. The molecule has 1 aliphatic heterocycles. The van der Waals surface area contributed by atoms with Crippen LogP contribution < -0.4 is 14.8 Å². The Labute approximate surface area is 164 Å². The van der Waals surface area contributed by atoms with Gasteiger partial charge in [0.1, 0.15) is 11.5 Å². The Balaban J connectivity index is 1.76. The third-order valence-corrected chi connectivity index (χ3v) is 5.35. The number of benzene rings is 2. The molecule has 0 spiro atoms. The Hall–Kier alpha value is -3.08. The van der Waals surface area contributed by atoms with Crippen LogP contribution in [-0.4, -0.2) is 11.9 Å². The third kappa shape index (κ3) is 3.40. The predicted molar refractivity (Wildman–Crippen MR) is 107 cm³/mol. The van der Waals surface area contributed by atoms with Gasteiger partial charge in [-0.1, -0.05) is 29.8 Å². The van der Waals surface area contributed by atoms with Crippen LogP contribution in [0, 0.1) is 12.8 Å². The van der Waals surface area contributed by atoms with Crippen molar-refractivity contribution in [2.24, 2.45) is 5.92 Å². The molecule has 2 aromatic rings. The van der Waals surface area contributed by atoms with E-state index in [1.165, 1.54) is 25.0 Å². The summed E-state index contributed by atoms with van der Waals surface area (Å²) in [7, 11) is 0. The predicted octanol–water partition coefficient (Wildman–Crippen LogP) is 4.67. The number of ether oxygens (including phenoxy) is 2. The molecule has 0 radical (unpaired) electrons. The number of nitrogens with one attached hydrogen (secondary N) is 1. The molecule has 5 heteroatoms. The SMILES string of the molecule is CC(=O)Oc1ccc([C@@H]2Nc3ccc(C)cc3[C@H]3C=CC[C@@H]32)c(OC(C)=O)c1. The molecule has 0 bridgehead atoms. The Morgan fingerprint density at radius 1 is 1.00 bits per heavy atom. The van der Waals surface area contributed by atoms with Gasteiger partial charge in [0.2, 0.25) is 0 Å². The fraction of sp³-hybridized carbons (Fsp3) is 0.304. The van der Waals surface area contributed by atoms with E-state index in [-0.39, 0.29) is 6.04 Å². The summed E-state index contributed by atoms with van der Waals surface area (Å²) in [6.07, 6.45) is 5.44. The van der Waals surface area contributed by atoms with Crippen molar-refractivity contribution >= 4 is 17.6 Å². The topological polar surface area (TPSA) is 64.6 Å². The zero-order valence-electron chi connectivity index (χ0n) is 16.2. The number of hydrogen-bond acceptors (Lipinski definition) is 5. The van der Waals surface area contributed by atoms with Crippen molar-refractivity contribution in [1.82, 2.24) is 0 Å². The van der Waals surface area contributed by atoms with Crippen LogP contribution in [0.3, 0.4) is 0 Å². The number of fused-ring (bicyclic) bond motifs is 3. The minimum atomic E-state index is -0.415. The number of carbonyl (C=O) groups is 2. The highest BCUT2D eigenvalue weighted by Gasteiger charge is 2.39. The summed E-state index contributed by atoms with van der Waals surface area (Å²) in [6, 6.07) is 11.7. The summed E-state index contributed by atoms with van der Waals surface area (Å²) in [5.41, 5.74) is 4.53. The van der Waals surface area contributed by atoms with Crippen molar-refractivity contribution in [1.29, 1.82) is 0 Å². The number of carbonyl (C=O) groups excluding carboxylic acids is 2. The lowest BCUT2D eigenvalue weighted by Gasteiger charge is -2.38. The number of allylic oxidation sites excluding steroid dienone is 2. The average Bonchev–Trinajstić information content (AvgIpc) is 3.11. The molecule has 0 fully saturated rings. The zero-order chi connectivity index (χ0) is 19.8. The lowest BCUT2D eigenvalue weighted by molar-refractivity contribution is -0.132. The molecule has 3 atom stereocenters. The van der Waals surface area contributed by atoms with Gasteiger partial charge in [-0.25, -0.2) is 0 Å². The van der Waals surface area contributed by atoms with Crippen LogP contribution in [-0.2, 0) is 9.59 Å². The van der Waals surface area contributed by atoms with E-state index >= 15 is 0 Å². The zero-order valence-corrected chi connectivity index (χ0v) is 16.2. The lowest BCUT2D eigenvalue weighted by atomic mass is 9.76. The molecule has 28 heavy (non-hydrogen) atoms. The molecule has 144 valence electrons. The van der Waals surface area contributed by atoms with Gasteiger partial charge in [0, 0.05) is 37.1 Å². The van der Waals surface area contributed by atoms with E-state index in [1.54, 1.807) is 12.1 Å². The maximum absolute atomic E-state index is 11.7. The first kappa shape index (κ1) is 18.3. The average molecular weight is 377 g/mol. The number of anilines is 1. The molecule has 1 aliphatic carbocycles. The highest BCUT2D eigenvalue weighted by molar-refractivity contribution is 5.72. The third-order valence-electron chi connectivity index (χ3n) is 5.35. The Morgan fingerprint density at radius 3 is 2.54 bits per heavy atom. The minimum absolute atomic E-state index is 0.0177. The molecule has 0 saturated heterocycles. The summed E-state index contributed by atoms with van der Waals surface area (Å²) >= 11 is 0. The van der Waals surface area contributed by atoms with E-state index in [0.29, 0.717) is 23.3 Å². The van der Waals surface area contributed by atoms with Crippen LogP contribution in [0.5, 0.6) is 11.5 Å². The maximum Gasteiger partial charge on any atom is 0.308 e. The summed E-state index contributed by atoms with van der Waals surface area (Å²) < 4.78 is 10.7. The van der Waals surface area contributed by atoms with E-state index in [2.05, 4.69) is 42.6 Å². The quantitative estimate of drug-likeness (QED) is 0.478. The van der Waals surface area contributed by atoms with Crippen LogP contribution in [0.2, 0.25) is 0 Å². The van der Waals surface area contributed by atoms with Gasteiger partial charge in [-0.05, 0) is 43.0 Å². The van der Waals surface area contributed by atoms with Crippen LogP contribution in [0.25, 0.3) is 0 Å². The second-order valence-corrected chi connectivity index (χ2v) is 7.45. The monoisotopic (exact) mass is 377 g/mol. The minimum Gasteiger partial charge on any atom is -0.427 e. The first-order valence-corrected chi connectivity index (χ1v) is 9.47. The Bertz CT molecular complexity index is 979. The van der Waals surface area contributed by atoms with Gasteiger partial charge in [0.05, 0.1) is 6.04 Å². The number of hydrogen-bond donors (Lipinski definition) is 1. The van der Waals surface area contributed by atoms with Gasteiger partial charge < -0.3 is 14.8 Å². The summed E-state index contributed by atoms with van der Waals surface area (Å²) in [4.78, 5) is 23.0. The molecule has 0 saturated carbocycles. The summed E-state index contributed by atoms with van der Waals surface area (Å²) in [5, 5.41) is 3.65. The second-order valence-electron chi connectivity index (χ2n) is 7.45. The van der Waals surface area contributed by atoms with Crippen LogP contribution in [0.1, 0.15) is 48.9 Å². The highest BCUT2D eigenvalue weighted by atomic mass is 16.5. The van der Waals surface area contributed by atoms with Gasteiger partial charge in [0.25, 0.3) is 0 Å². The molecule has 0 aromatic heterocycles. The van der Waals surface area contributed by atoms with Crippen molar-refractivity contribution < 1.29 is 19.1 Å². The van der Waals surface area contributed by atoms with Gasteiger partial charge in [-0.3, -0.25) is 9.59 Å². The Morgan fingerprint density at radius 2 is 1.79 bits per heavy atom. The van der Waals surface area contributed by atoms with E-state index < -0.39 is 11.9 Å². The van der Waals surface area contributed by atoms with Crippen LogP contribution in [0.15, 0.2) is 48.6 Å². The fourth-order valence-electron chi connectivity index (χ4n) is 4.27. The number of aryl methyl sites for hydroxylation is 1. The number of esters is 2. The first-order valence-electron chi connectivity index (χ1n) is 9.47. The standard InChI is InChI=1S/C23H23NO4/c1-13-7-10-21-20(11-13)17-5-4-6-18(17)23(24-21)19-9-8-16(27-14(2)25)12-22(19)28-15(3)26/h4-5,7-12,17-18,23-24H,6H2,1-3H3/t17-,18-,23+/m0/s1. The summed E-state index contributed by atoms with van der Waals surface area (Å²) in [6.45, 7) is 4.82. The van der Waals surface area contributed by atoms with E-state index in [1.807, 2.05) is 6.07 Å². The molecular weight excluding hydrogens is 354 g/mol. The van der Waals surface area contributed by atoms with Crippen LogP contribution in [0.4, 0.5) is 5.69 Å². The molecular formula is C23H23NO4. The van der Waals surface area contributed by atoms with Crippen molar-refractivity contribution in [2.75, 3.05) is 5.32 Å². The lowest BCUT2D eigenvalue weighted by Crippen LogP contribution is -2.29. The summed E-state index contributed by atoms with van der Waals surface area (Å²) in [5.74, 6) is 0.601. The molecule has 5 nitrogen and oxygen atoms in total. The van der Waals surface area contributed by atoms with Gasteiger partial charge >= 0.3 is 11.9 Å².